The van der Waals surface area contributed by atoms with Crippen molar-refractivity contribution in [3.63, 3.8) is 0 Å². The van der Waals surface area contributed by atoms with Crippen LogP contribution in [0.1, 0.15) is 11.8 Å². The fourth-order valence-electron chi connectivity index (χ4n) is 2.95. The van der Waals surface area contributed by atoms with Crippen LogP contribution >= 0.6 is 11.3 Å². The standard InChI is InChI=1S/C19H25N3O2S/c1-2-21(14-16-6-5-13-25-16)15-19(23)20-17-7-3-4-8-18(17)22-9-11-24-12-10-22/h3-8,13H,2,9-12,14-15H2,1H3,(H,20,23). The van der Waals surface area contributed by atoms with Gasteiger partial charge in [0.15, 0.2) is 0 Å². The summed E-state index contributed by atoms with van der Waals surface area (Å²) in [6, 6.07) is 12.2. The second-order valence-electron chi connectivity index (χ2n) is 6.05. The number of nitrogens with one attached hydrogen (secondary N) is 1. The van der Waals surface area contributed by atoms with Crippen LogP contribution in [0.15, 0.2) is 41.8 Å². The number of morpholine rings is 1. The molecule has 0 saturated carbocycles. The van der Waals surface area contributed by atoms with Gasteiger partial charge in [0.2, 0.25) is 5.91 Å². The van der Waals surface area contributed by atoms with E-state index in [0.717, 1.165) is 50.8 Å². The topological polar surface area (TPSA) is 44.8 Å². The van der Waals surface area contributed by atoms with E-state index in [1.807, 2.05) is 24.3 Å². The second-order valence-corrected chi connectivity index (χ2v) is 7.08. The van der Waals surface area contributed by atoms with Gasteiger partial charge in [0, 0.05) is 24.5 Å². The van der Waals surface area contributed by atoms with Crippen molar-refractivity contribution in [2.24, 2.45) is 0 Å². The highest BCUT2D eigenvalue weighted by atomic mass is 32.1. The maximum Gasteiger partial charge on any atom is 0.238 e. The van der Waals surface area contributed by atoms with Gasteiger partial charge in [-0.25, -0.2) is 0 Å². The van der Waals surface area contributed by atoms with E-state index >= 15 is 0 Å². The van der Waals surface area contributed by atoms with Crippen LogP contribution < -0.4 is 10.2 Å². The number of benzene rings is 1. The highest BCUT2D eigenvalue weighted by molar-refractivity contribution is 7.09. The maximum absolute atomic E-state index is 12.6. The number of carbonyl (C=O) groups is 1. The van der Waals surface area contributed by atoms with Crippen molar-refractivity contribution in [1.29, 1.82) is 0 Å². The van der Waals surface area contributed by atoms with E-state index in [1.54, 1.807) is 11.3 Å². The molecule has 0 aliphatic carbocycles. The Morgan fingerprint density at radius 1 is 1.24 bits per heavy atom. The van der Waals surface area contributed by atoms with E-state index in [9.17, 15) is 4.79 Å². The molecule has 25 heavy (non-hydrogen) atoms. The van der Waals surface area contributed by atoms with Crippen LogP contribution in [0.3, 0.4) is 0 Å². The Kier molecular flexibility index (Phi) is 6.44. The third-order valence-electron chi connectivity index (χ3n) is 4.30. The van der Waals surface area contributed by atoms with Gasteiger partial charge in [0.1, 0.15) is 0 Å². The maximum atomic E-state index is 12.6. The highest BCUT2D eigenvalue weighted by Gasteiger charge is 2.17. The summed E-state index contributed by atoms with van der Waals surface area (Å²) in [6.45, 7) is 7.30. The Hall–Kier alpha value is -1.89. The lowest BCUT2D eigenvalue weighted by molar-refractivity contribution is -0.117. The molecule has 1 amide bonds. The molecule has 0 bridgehead atoms. The fraction of sp³-hybridized carbons (Fsp3) is 0.421. The van der Waals surface area contributed by atoms with Gasteiger partial charge >= 0.3 is 0 Å². The van der Waals surface area contributed by atoms with Gasteiger partial charge in [-0.2, -0.15) is 0 Å². The van der Waals surface area contributed by atoms with Crippen LogP contribution in [-0.2, 0) is 16.1 Å². The van der Waals surface area contributed by atoms with Crippen LogP contribution in [-0.4, -0.2) is 50.2 Å². The largest absolute Gasteiger partial charge is 0.378 e. The fourth-order valence-corrected chi connectivity index (χ4v) is 3.70. The van der Waals surface area contributed by atoms with Crippen molar-refractivity contribution in [2.45, 2.75) is 13.5 Å². The minimum Gasteiger partial charge on any atom is -0.378 e. The molecule has 6 heteroatoms. The second kappa shape index (κ2) is 8.99. The van der Waals surface area contributed by atoms with Gasteiger partial charge in [-0.1, -0.05) is 25.1 Å². The average molecular weight is 359 g/mol. The number of rotatable bonds is 7. The first kappa shape index (κ1) is 17.9. The predicted octanol–water partition coefficient (Wildman–Crippen LogP) is 3.05. The van der Waals surface area contributed by atoms with Gasteiger partial charge in [-0.05, 0) is 30.1 Å². The number of ether oxygens (including phenoxy) is 1. The van der Waals surface area contributed by atoms with E-state index in [2.05, 4.69) is 39.6 Å². The predicted molar refractivity (Wildman–Crippen MR) is 103 cm³/mol. The number of anilines is 2. The lowest BCUT2D eigenvalue weighted by Gasteiger charge is -2.30. The monoisotopic (exact) mass is 359 g/mol. The minimum atomic E-state index is 0.0270. The zero-order valence-corrected chi connectivity index (χ0v) is 15.4. The average Bonchev–Trinajstić information content (AvgIpc) is 3.15. The number of carbonyl (C=O) groups excluding carboxylic acids is 1. The Morgan fingerprint density at radius 3 is 2.76 bits per heavy atom. The van der Waals surface area contributed by atoms with Crippen molar-refractivity contribution in [1.82, 2.24) is 4.90 Å². The lowest BCUT2D eigenvalue weighted by atomic mass is 10.2. The molecule has 0 unspecified atom stereocenters. The Morgan fingerprint density at radius 2 is 2.04 bits per heavy atom. The first-order chi connectivity index (χ1) is 12.3. The van der Waals surface area contributed by atoms with E-state index < -0.39 is 0 Å². The number of nitrogens with zero attached hydrogens (tertiary/aromatic N) is 2. The summed E-state index contributed by atoms with van der Waals surface area (Å²) < 4.78 is 5.42. The summed E-state index contributed by atoms with van der Waals surface area (Å²) in [4.78, 5) is 18.3. The molecule has 1 fully saturated rings. The smallest absolute Gasteiger partial charge is 0.238 e. The van der Waals surface area contributed by atoms with E-state index in [4.69, 9.17) is 4.74 Å². The first-order valence-corrected chi connectivity index (χ1v) is 9.60. The number of thiophene rings is 1. The molecule has 1 aromatic carbocycles. The lowest BCUT2D eigenvalue weighted by Crippen LogP contribution is -2.37. The molecule has 1 N–H and O–H groups in total. The molecule has 0 radical (unpaired) electrons. The molecular weight excluding hydrogens is 334 g/mol. The number of hydrogen-bond acceptors (Lipinski definition) is 5. The molecule has 1 aliphatic rings. The molecule has 2 aromatic rings. The van der Waals surface area contributed by atoms with Crippen LogP contribution in [0.4, 0.5) is 11.4 Å². The highest BCUT2D eigenvalue weighted by Crippen LogP contribution is 2.26. The van der Waals surface area contributed by atoms with E-state index in [0.29, 0.717) is 6.54 Å². The Labute approximate surface area is 153 Å². The number of amides is 1. The summed E-state index contributed by atoms with van der Waals surface area (Å²) in [5, 5.41) is 5.16. The number of likely N-dealkylation sites (N-methyl/N-ethyl adjacent to an activating group) is 1. The van der Waals surface area contributed by atoms with Crippen LogP contribution in [0, 0.1) is 0 Å². The Balaban J connectivity index is 1.62. The van der Waals surface area contributed by atoms with E-state index in [-0.39, 0.29) is 5.91 Å². The van der Waals surface area contributed by atoms with Gasteiger partial charge in [0.25, 0.3) is 0 Å². The molecule has 5 nitrogen and oxygen atoms in total. The summed E-state index contributed by atoms with van der Waals surface area (Å²) >= 11 is 1.73. The minimum absolute atomic E-state index is 0.0270. The van der Waals surface area contributed by atoms with Crippen molar-refractivity contribution in [3.8, 4) is 0 Å². The van der Waals surface area contributed by atoms with Crippen molar-refractivity contribution in [2.75, 3.05) is 49.6 Å². The van der Waals surface area contributed by atoms with Gasteiger partial charge < -0.3 is 15.0 Å². The summed E-state index contributed by atoms with van der Waals surface area (Å²) in [7, 11) is 0. The molecule has 1 aliphatic heterocycles. The summed E-state index contributed by atoms with van der Waals surface area (Å²) in [6.07, 6.45) is 0. The quantitative estimate of drug-likeness (QED) is 0.825. The third kappa shape index (κ3) is 5.04. The SMILES string of the molecule is CCN(CC(=O)Nc1ccccc1N1CCOCC1)Cc1cccs1. The number of hydrogen-bond donors (Lipinski definition) is 1. The van der Waals surface area contributed by atoms with E-state index in [1.165, 1.54) is 4.88 Å². The van der Waals surface area contributed by atoms with Crippen LogP contribution in [0.25, 0.3) is 0 Å². The molecule has 134 valence electrons. The zero-order valence-electron chi connectivity index (χ0n) is 14.6. The molecule has 0 atom stereocenters. The van der Waals surface area contributed by atoms with Gasteiger partial charge in [-0.3, -0.25) is 9.69 Å². The summed E-state index contributed by atoms with van der Waals surface area (Å²) in [5.41, 5.74) is 1.95. The first-order valence-electron chi connectivity index (χ1n) is 8.72. The molecular formula is C19H25N3O2S. The van der Waals surface area contributed by atoms with Crippen LogP contribution in [0.5, 0.6) is 0 Å². The Bertz CT molecular complexity index is 669. The molecule has 1 aromatic heterocycles. The van der Waals surface area contributed by atoms with Crippen molar-refractivity contribution in [3.05, 3.63) is 46.7 Å². The van der Waals surface area contributed by atoms with Gasteiger partial charge in [-0.15, -0.1) is 11.3 Å². The molecule has 1 saturated heterocycles. The van der Waals surface area contributed by atoms with Crippen molar-refractivity contribution >= 4 is 28.6 Å². The summed E-state index contributed by atoms with van der Waals surface area (Å²) in [5.74, 6) is 0.0270. The third-order valence-corrected chi connectivity index (χ3v) is 5.17. The molecule has 2 heterocycles. The normalized spacial score (nSPS) is 14.7. The van der Waals surface area contributed by atoms with Gasteiger partial charge in [0.05, 0.1) is 31.1 Å². The number of para-hydroxylation sites is 2. The zero-order chi connectivity index (χ0) is 17.5. The molecule has 0 spiro atoms. The molecule has 3 rings (SSSR count). The van der Waals surface area contributed by atoms with Crippen LogP contribution in [0.2, 0.25) is 0 Å². The van der Waals surface area contributed by atoms with Crippen molar-refractivity contribution < 1.29 is 9.53 Å².